The standard InChI is InChI=1S/C13H20F2N2/c1-10(5-6-16)8-17(2)9-11-3-4-12(14)13(15)7-11/h3-4,7,10H,5-6,8-9,16H2,1-2H3. The van der Waals surface area contributed by atoms with E-state index >= 15 is 0 Å². The van der Waals surface area contributed by atoms with Gasteiger partial charge in [-0.3, -0.25) is 0 Å². The van der Waals surface area contributed by atoms with Crippen LogP contribution >= 0.6 is 0 Å². The zero-order valence-corrected chi connectivity index (χ0v) is 10.4. The van der Waals surface area contributed by atoms with Crippen LogP contribution in [0.4, 0.5) is 8.78 Å². The highest BCUT2D eigenvalue weighted by molar-refractivity contribution is 5.17. The predicted molar refractivity (Wildman–Crippen MR) is 65.5 cm³/mol. The zero-order chi connectivity index (χ0) is 12.8. The minimum atomic E-state index is -0.798. The molecular formula is C13H20F2N2. The maximum absolute atomic E-state index is 13.0. The van der Waals surface area contributed by atoms with E-state index in [1.165, 1.54) is 12.1 Å². The minimum Gasteiger partial charge on any atom is -0.330 e. The summed E-state index contributed by atoms with van der Waals surface area (Å²) in [5, 5.41) is 0. The molecule has 0 amide bonds. The van der Waals surface area contributed by atoms with Gasteiger partial charge in [0.25, 0.3) is 0 Å². The largest absolute Gasteiger partial charge is 0.330 e. The fourth-order valence-electron chi connectivity index (χ4n) is 1.92. The molecule has 96 valence electrons. The van der Waals surface area contributed by atoms with E-state index in [0.29, 0.717) is 19.0 Å². The van der Waals surface area contributed by atoms with Gasteiger partial charge in [-0.05, 0) is 43.6 Å². The highest BCUT2D eigenvalue weighted by atomic mass is 19.2. The van der Waals surface area contributed by atoms with Crippen molar-refractivity contribution in [3.8, 4) is 0 Å². The van der Waals surface area contributed by atoms with E-state index in [1.807, 2.05) is 7.05 Å². The number of hydrogen-bond donors (Lipinski definition) is 1. The van der Waals surface area contributed by atoms with Crippen LogP contribution in [-0.4, -0.2) is 25.0 Å². The lowest BCUT2D eigenvalue weighted by Gasteiger charge is -2.21. The van der Waals surface area contributed by atoms with Gasteiger partial charge in [-0.25, -0.2) is 8.78 Å². The third-order valence-corrected chi connectivity index (χ3v) is 2.72. The Kier molecular flexibility index (Phi) is 5.51. The quantitative estimate of drug-likeness (QED) is 0.830. The Balaban J connectivity index is 2.50. The molecule has 4 heteroatoms. The van der Waals surface area contributed by atoms with Crippen LogP contribution < -0.4 is 5.73 Å². The maximum Gasteiger partial charge on any atom is 0.159 e. The number of benzene rings is 1. The molecule has 0 bridgehead atoms. The fourth-order valence-corrected chi connectivity index (χ4v) is 1.92. The second-order valence-electron chi connectivity index (χ2n) is 4.63. The van der Waals surface area contributed by atoms with Crippen molar-refractivity contribution < 1.29 is 8.78 Å². The van der Waals surface area contributed by atoms with Crippen LogP contribution in [0.1, 0.15) is 18.9 Å². The van der Waals surface area contributed by atoms with E-state index in [0.717, 1.165) is 18.5 Å². The molecule has 0 fully saturated rings. The number of nitrogens with zero attached hydrogens (tertiary/aromatic N) is 1. The van der Waals surface area contributed by atoms with Crippen LogP contribution in [0.2, 0.25) is 0 Å². The van der Waals surface area contributed by atoms with Gasteiger partial charge in [-0.2, -0.15) is 0 Å². The highest BCUT2D eigenvalue weighted by Gasteiger charge is 2.08. The molecule has 0 aromatic heterocycles. The highest BCUT2D eigenvalue weighted by Crippen LogP contribution is 2.11. The summed E-state index contributed by atoms with van der Waals surface area (Å²) in [6.45, 7) is 4.33. The van der Waals surface area contributed by atoms with E-state index in [2.05, 4.69) is 11.8 Å². The first-order valence-electron chi connectivity index (χ1n) is 5.85. The van der Waals surface area contributed by atoms with E-state index in [9.17, 15) is 8.78 Å². The molecule has 2 nitrogen and oxygen atoms in total. The predicted octanol–water partition coefficient (Wildman–Crippen LogP) is 2.38. The second-order valence-corrected chi connectivity index (χ2v) is 4.63. The van der Waals surface area contributed by atoms with Crippen molar-refractivity contribution >= 4 is 0 Å². The Morgan fingerprint density at radius 2 is 2.00 bits per heavy atom. The van der Waals surface area contributed by atoms with Crippen molar-refractivity contribution in [1.29, 1.82) is 0 Å². The van der Waals surface area contributed by atoms with E-state index in [4.69, 9.17) is 5.73 Å². The lowest BCUT2D eigenvalue weighted by atomic mass is 10.1. The van der Waals surface area contributed by atoms with Crippen molar-refractivity contribution in [3.63, 3.8) is 0 Å². The Hall–Kier alpha value is -1.00. The number of halogens is 2. The van der Waals surface area contributed by atoms with E-state index in [1.54, 1.807) is 6.07 Å². The Bertz CT molecular complexity index is 355. The van der Waals surface area contributed by atoms with Crippen LogP contribution in [0.25, 0.3) is 0 Å². The molecule has 0 aliphatic carbocycles. The summed E-state index contributed by atoms with van der Waals surface area (Å²) in [6.07, 6.45) is 0.974. The first kappa shape index (κ1) is 14.1. The zero-order valence-electron chi connectivity index (χ0n) is 10.4. The number of rotatable bonds is 6. The average Bonchev–Trinajstić information content (AvgIpc) is 2.23. The SMILES string of the molecule is CC(CCN)CN(C)Cc1ccc(F)c(F)c1. The smallest absolute Gasteiger partial charge is 0.159 e. The molecular weight excluding hydrogens is 222 g/mol. The lowest BCUT2D eigenvalue weighted by molar-refractivity contribution is 0.272. The Morgan fingerprint density at radius 1 is 1.29 bits per heavy atom. The monoisotopic (exact) mass is 242 g/mol. The maximum atomic E-state index is 13.0. The van der Waals surface area contributed by atoms with Crippen LogP contribution in [0, 0.1) is 17.6 Å². The van der Waals surface area contributed by atoms with Gasteiger partial charge in [-0.15, -0.1) is 0 Å². The summed E-state index contributed by atoms with van der Waals surface area (Å²) >= 11 is 0. The van der Waals surface area contributed by atoms with Crippen molar-refractivity contribution in [3.05, 3.63) is 35.4 Å². The summed E-state index contributed by atoms with van der Waals surface area (Å²) in [6, 6.07) is 4.03. The van der Waals surface area contributed by atoms with Crippen molar-refractivity contribution in [2.45, 2.75) is 19.9 Å². The summed E-state index contributed by atoms with van der Waals surface area (Å²) in [7, 11) is 1.97. The minimum absolute atomic E-state index is 0.510. The molecule has 2 N–H and O–H groups in total. The van der Waals surface area contributed by atoms with Gasteiger partial charge < -0.3 is 10.6 Å². The van der Waals surface area contributed by atoms with E-state index in [-0.39, 0.29) is 0 Å². The first-order chi connectivity index (χ1) is 8.02. The summed E-state index contributed by atoms with van der Waals surface area (Å²) in [4.78, 5) is 2.09. The molecule has 0 aliphatic rings. The van der Waals surface area contributed by atoms with Crippen LogP contribution in [0.15, 0.2) is 18.2 Å². The molecule has 0 saturated carbocycles. The molecule has 0 spiro atoms. The van der Waals surface area contributed by atoms with Gasteiger partial charge in [0.2, 0.25) is 0 Å². The van der Waals surface area contributed by atoms with Gasteiger partial charge in [0, 0.05) is 13.1 Å². The molecule has 0 saturated heterocycles. The normalized spacial score (nSPS) is 13.1. The second kappa shape index (κ2) is 6.67. The van der Waals surface area contributed by atoms with Gasteiger partial charge >= 0.3 is 0 Å². The van der Waals surface area contributed by atoms with Crippen LogP contribution in [0.5, 0.6) is 0 Å². The molecule has 1 rings (SSSR count). The topological polar surface area (TPSA) is 29.3 Å². The van der Waals surface area contributed by atoms with Crippen LogP contribution in [-0.2, 0) is 6.54 Å². The molecule has 1 aromatic carbocycles. The first-order valence-corrected chi connectivity index (χ1v) is 5.85. The van der Waals surface area contributed by atoms with Gasteiger partial charge in [0.1, 0.15) is 0 Å². The third kappa shape index (κ3) is 4.79. The van der Waals surface area contributed by atoms with Crippen molar-refractivity contribution in [1.82, 2.24) is 4.90 Å². The Labute approximate surface area is 101 Å². The number of nitrogens with two attached hydrogens (primary N) is 1. The van der Waals surface area contributed by atoms with Crippen molar-refractivity contribution in [2.24, 2.45) is 11.7 Å². The summed E-state index contributed by atoms with van der Waals surface area (Å²) < 4.78 is 25.7. The summed E-state index contributed by atoms with van der Waals surface area (Å²) in [5.74, 6) is -1.07. The summed E-state index contributed by atoms with van der Waals surface area (Å²) in [5.41, 5.74) is 6.27. The fraction of sp³-hybridized carbons (Fsp3) is 0.538. The van der Waals surface area contributed by atoms with Crippen LogP contribution in [0.3, 0.4) is 0 Å². The third-order valence-electron chi connectivity index (χ3n) is 2.72. The molecule has 17 heavy (non-hydrogen) atoms. The molecule has 1 atom stereocenters. The molecule has 1 unspecified atom stereocenters. The molecule has 0 aliphatic heterocycles. The van der Waals surface area contributed by atoms with Gasteiger partial charge in [-0.1, -0.05) is 13.0 Å². The molecule has 1 aromatic rings. The molecule has 0 heterocycles. The number of hydrogen-bond acceptors (Lipinski definition) is 2. The van der Waals surface area contributed by atoms with Gasteiger partial charge in [0.15, 0.2) is 11.6 Å². The average molecular weight is 242 g/mol. The van der Waals surface area contributed by atoms with Crippen molar-refractivity contribution in [2.75, 3.05) is 20.1 Å². The molecule has 0 radical (unpaired) electrons. The Morgan fingerprint density at radius 3 is 2.59 bits per heavy atom. The van der Waals surface area contributed by atoms with E-state index < -0.39 is 11.6 Å². The lowest BCUT2D eigenvalue weighted by Crippen LogP contribution is -2.25. The van der Waals surface area contributed by atoms with Gasteiger partial charge in [0.05, 0.1) is 0 Å².